The molecule has 0 saturated carbocycles. The highest BCUT2D eigenvalue weighted by atomic mass is 32.2. The lowest BCUT2D eigenvalue weighted by Gasteiger charge is -2.20. The SMILES string of the molecule is CCc1ccc(NC(=O)Nc2ccc3c(c2)N(S(=O)(=O)c2ccccc2)CC3)cc1. The molecule has 6 nitrogen and oxygen atoms in total. The first kappa shape index (κ1) is 20.0. The molecule has 1 aliphatic rings. The molecule has 30 heavy (non-hydrogen) atoms. The van der Waals surface area contributed by atoms with Crippen LogP contribution in [0, 0.1) is 0 Å². The lowest BCUT2D eigenvalue weighted by Crippen LogP contribution is -2.29. The van der Waals surface area contributed by atoms with Crippen molar-refractivity contribution in [1.82, 2.24) is 0 Å². The number of carbonyl (C=O) groups excluding carboxylic acids is 1. The van der Waals surface area contributed by atoms with Gasteiger partial charge in [-0.3, -0.25) is 4.31 Å². The summed E-state index contributed by atoms with van der Waals surface area (Å²) in [5.41, 5.74) is 3.96. The Morgan fingerprint density at radius 1 is 0.933 bits per heavy atom. The minimum absolute atomic E-state index is 0.254. The van der Waals surface area contributed by atoms with Gasteiger partial charge in [-0.2, -0.15) is 0 Å². The second-order valence-electron chi connectivity index (χ2n) is 7.11. The van der Waals surface area contributed by atoms with E-state index in [0.717, 1.165) is 12.0 Å². The number of aryl methyl sites for hydroxylation is 1. The zero-order valence-corrected chi connectivity index (χ0v) is 17.4. The number of hydrogen-bond donors (Lipinski definition) is 2. The predicted molar refractivity (Wildman–Crippen MR) is 120 cm³/mol. The van der Waals surface area contributed by atoms with Crippen LogP contribution in [0.3, 0.4) is 0 Å². The number of nitrogens with one attached hydrogen (secondary N) is 2. The lowest BCUT2D eigenvalue weighted by atomic mass is 10.1. The van der Waals surface area contributed by atoms with Gasteiger partial charge in [-0.05, 0) is 60.4 Å². The second kappa shape index (κ2) is 8.20. The topological polar surface area (TPSA) is 78.5 Å². The third-order valence-electron chi connectivity index (χ3n) is 5.15. The van der Waals surface area contributed by atoms with Crippen molar-refractivity contribution in [2.45, 2.75) is 24.7 Å². The van der Waals surface area contributed by atoms with Gasteiger partial charge >= 0.3 is 6.03 Å². The Morgan fingerprint density at radius 2 is 1.60 bits per heavy atom. The number of anilines is 3. The van der Waals surface area contributed by atoms with Gasteiger partial charge in [0.25, 0.3) is 10.0 Å². The maximum absolute atomic E-state index is 13.1. The summed E-state index contributed by atoms with van der Waals surface area (Å²) in [7, 11) is -3.65. The summed E-state index contributed by atoms with van der Waals surface area (Å²) in [6, 6.07) is 21.0. The molecule has 0 unspecified atom stereocenters. The molecule has 4 rings (SSSR count). The first-order valence-corrected chi connectivity index (χ1v) is 11.3. The standard InChI is InChI=1S/C23H23N3O3S/c1-2-17-8-11-19(12-9-17)24-23(27)25-20-13-10-18-14-15-26(22(18)16-20)30(28,29)21-6-4-3-5-7-21/h3-13,16H,2,14-15H2,1H3,(H2,24,25,27). The van der Waals surface area contributed by atoms with E-state index < -0.39 is 10.0 Å². The van der Waals surface area contributed by atoms with E-state index in [1.54, 1.807) is 42.5 Å². The fraction of sp³-hybridized carbons (Fsp3) is 0.174. The number of rotatable bonds is 5. The van der Waals surface area contributed by atoms with Crippen molar-refractivity contribution in [2.75, 3.05) is 21.5 Å². The quantitative estimate of drug-likeness (QED) is 0.630. The number of benzene rings is 3. The first-order chi connectivity index (χ1) is 14.5. The zero-order valence-electron chi connectivity index (χ0n) is 16.6. The first-order valence-electron chi connectivity index (χ1n) is 9.85. The van der Waals surface area contributed by atoms with E-state index in [4.69, 9.17) is 0 Å². The molecule has 0 saturated heterocycles. The second-order valence-corrected chi connectivity index (χ2v) is 8.98. The largest absolute Gasteiger partial charge is 0.323 e. The van der Waals surface area contributed by atoms with Crippen molar-refractivity contribution in [3.63, 3.8) is 0 Å². The Bertz CT molecular complexity index is 1160. The van der Waals surface area contributed by atoms with Crippen LogP contribution < -0.4 is 14.9 Å². The minimum Gasteiger partial charge on any atom is -0.308 e. The van der Waals surface area contributed by atoms with E-state index in [9.17, 15) is 13.2 Å². The number of sulfonamides is 1. The Kier molecular flexibility index (Phi) is 5.46. The van der Waals surface area contributed by atoms with Crippen molar-refractivity contribution in [3.8, 4) is 0 Å². The Morgan fingerprint density at radius 3 is 2.30 bits per heavy atom. The van der Waals surface area contributed by atoms with E-state index in [0.29, 0.717) is 30.0 Å². The maximum Gasteiger partial charge on any atom is 0.323 e. The van der Waals surface area contributed by atoms with Crippen LogP contribution in [0.5, 0.6) is 0 Å². The van der Waals surface area contributed by atoms with Gasteiger partial charge in [0.2, 0.25) is 0 Å². The van der Waals surface area contributed by atoms with Crippen LogP contribution in [0.1, 0.15) is 18.1 Å². The van der Waals surface area contributed by atoms with Crippen LogP contribution >= 0.6 is 0 Å². The average Bonchev–Trinajstić information content (AvgIpc) is 3.19. The molecule has 2 N–H and O–H groups in total. The summed E-state index contributed by atoms with van der Waals surface area (Å²) >= 11 is 0. The number of hydrogen-bond acceptors (Lipinski definition) is 3. The monoisotopic (exact) mass is 421 g/mol. The van der Waals surface area contributed by atoms with Crippen molar-refractivity contribution in [1.29, 1.82) is 0 Å². The van der Waals surface area contributed by atoms with Gasteiger partial charge in [-0.25, -0.2) is 13.2 Å². The molecule has 2 amide bonds. The molecule has 0 aliphatic carbocycles. The van der Waals surface area contributed by atoms with Gasteiger partial charge in [0.05, 0.1) is 10.6 Å². The van der Waals surface area contributed by atoms with Crippen LogP contribution in [0.4, 0.5) is 21.9 Å². The van der Waals surface area contributed by atoms with Crippen molar-refractivity contribution in [3.05, 3.63) is 83.9 Å². The van der Waals surface area contributed by atoms with Gasteiger partial charge < -0.3 is 10.6 Å². The Balaban J connectivity index is 1.52. The van der Waals surface area contributed by atoms with Crippen LogP contribution in [0.2, 0.25) is 0 Å². The van der Waals surface area contributed by atoms with Gasteiger partial charge in [0.15, 0.2) is 0 Å². The van der Waals surface area contributed by atoms with Gasteiger partial charge in [0.1, 0.15) is 0 Å². The third-order valence-corrected chi connectivity index (χ3v) is 6.97. The lowest BCUT2D eigenvalue weighted by molar-refractivity contribution is 0.262. The van der Waals surface area contributed by atoms with E-state index in [1.807, 2.05) is 30.3 Å². The molecule has 1 heterocycles. The molecule has 154 valence electrons. The highest BCUT2D eigenvalue weighted by molar-refractivity contribution is 7.92. The van der Waals surface area contributed by atoms with Gasteiger partial charge in [0, 0.05) is 17.9 Å². The van der Waals surface area contributed by atoms with E-state index in [2.05, 4.69) is 17.6 Å². The molecule has 3 aromatic carbocycles. The Labute approximate surface area is 176 Å². The number of carbonyl (C=O) groups is 1. The smallest absolute Gasteiger partial charge is 0.308 e. The summed E-state index contributed by atoms with van der Waals surface area (Å²) in [5, 5.41) is 5.58. The van der Waals surface area contributed by atoms with Crippen LogP contribution in [-0.2, 0) is 22.9 Å². The highest BCUT2D eigenvalue weighted by Gasteiger charge is 2.31. The number of urea groups is 1. The fourth-order valence-corrected chi connectivity index (χ4v) is 5.03. The average molecular weight is 422 g/mol. The van der Waals surface area contributed by atoms with Crippen LogP contribution in [0.25, 0.3) is 0 Å². The number of nitrogens with zero attached hydrogens (tertiary/aromatic N) is 1. The summed E-state index contributed by atoms with van der Waals surface area (Å²) in [6.07, 6.45) is 1.57. The fourth-order valence-electron chi connectivity index (χ4n) is 3.51. The third kappa shape index (κ3) is 4.02. The molecular weight excluding hydrogens is 398 g/mol. The number of fused-ring (bicyclic) bond motifs is 1. The number of amides is 2. The minimum atomic E-state index is -3.65. The molecule has 3 aromatic rings. The van der Waals surface area contributed by atoms with Gasteiger partial charge in [-0.15, -0.1) is 0 Å². The van der Waals surface area contributed by atoms with Crippen molar-refractivity contribution < 1.29 is 13.2 Å². The molecule has 1 aliphatic heterocycles. The predicted octanol–water partition coefficient (Wildman–Crippen LogP) is 4.64. The van der Waals surface area contributed by atoms with E-state index in [1.165, 1.54) is 9.87 Å². The van der Waals surface area contributed by atoms with Crippen molar-refractivity contribution >= 4 is 33.1 Å². The molecule has 0 atom stereocenters. The van der Waals surface area contributed by atoms with Crippen LogP contribution in [-0.4, -0.2) is 21.0 Å². The molecule has 0 radical (unpaired) electrons. The van der Waals surface area contributed by atoms with Crippen molar-refractivity contribution in [2.24, 2.45) is 0 Å². The Hall–Kier alpha value is -3.32. The maximum atomic E-state index is 13.1. The van der Waals surface area contributed by atoms with Gasteiger partial charge in [-0.1, -0.05) is 43.3 Å². The summed E-state index contributed by atoms with van der Waals surface area (Å²) in [5.74, 6) is 0. The highest BCUT2D eigenvalue weighted by Crippen LogP contribution is 2.35. The summed E-state index contributed by atoms with van der Waals surface area (Å²) in [4.78, 5) is 12.6. The molecule has 0 bridgehead atoms. The molecule has 0 aromatic heterocycles. The van der Waals surface area contributed by atoms with Crippen LogP contribution in [0.15, 0.2) is 77.7 Å². The summed E-state index contributed by atoms with van der Waals surface area (Å²) < 4.78 is 27.5. The molecular formula is C23H23N3O3S. The van der Waals surface area contributed by atoms with E-state index in [-0.39, 0.29) is 10.9 Å². The molecule has 0 fully saturated rings. The zero-order chi connectivity index (χ0) is 21.1. The summed E-state index contributed by atoms with van der Waals surface area (Å²) in [6.45, 7) is 2.45. The normalized spacial score (nSPS) is 13.0. The van der Waals surface area contributed by atoms with E-state index >= 15 is 0 Å². The molecule has 0 spiro atoms. The molecule has 7 heteroatoms.